The molecule has 49 heavy (non-hydrogen) atoms. The predicted molar refractivity (Wildman–Crippen MR) is 192 cm³/mol. The molecule has 0 unspecified atom stereocenters. The average molecular weight is 710 g/mol. The molecular weight excluding hydrogens is 667 g/mol. The van der Waals surface area contributed by atoms with E-state index >= 15 is 0 Å². The highest BCUT2D eigenvalue weighted by Crippen LogP contribution is 2.31. The van der Waals surface area contributed by atoms with Gasteiger partial charge in [-0.15, -0.1) is 5.11 Å². The zero-order valence-electron chi connectivity index (χ0n) is 27.5. The van der Waals surface area contributed by atoms with E-state index in [0.29, 0.717) is 65.1 Å². The van der Waals surface area contributed by atoms with Crippen LogP contribution in [0.25, 0.3) is 0 Å². The molecule has 0 aliphatic carbocycles. The highest BCUT2D eigenvalue weighted by atomic mass is 32.2. The molecule has 0 spiro atoms. The van der Waals surface area contributed by atoms with Crippen molar-refractivity contribution >= 4 is 48.5 Å². The summed E-state index contributed by atoms with van der Waals surface area (Å²) in [7, 11) is -6.70. The van der Waals surface area contributed by atoms with Crippen LogP contribution in [0, 0.1) is 13.8 Å². The molecule has 262 valence electrons. The number of anilines is 3. The molecule has 4 aromatic rings. The lowest BCUT2D eigenvalue weighted by atomic mass is 10.2. The number of nitrogens with two attached hydrogens (primary N) is 3. The Morgan fingerprint density at radius 3 is 1.49 bits per heavy atom. The minimum absolute atomic E-state index is 0.105. The Labute approximate surface area is 287 Å². The Morgan fingerprint density at radius 1 is 0.571 bits per heavy atom. The average Bonchev–Trinajstić information content (AvgIpc) is 3.82. The Bertz CT molecular complexity index is 1970. The predicted octanol–water partition coefficient (Wildman–Crippen LogP) is 5.82. The number of rotatable bonds is 6. The minimum Gasteiger partial charge on any atom is -0.508 e. The van der Waals surface area contributed by atoms with Crippen molar-refractivity contribution in [2.45, 2.75) is 49.3 Å². The maximum Gasteiger partial charge on any atom is 0.243 e. The normalized spacial score (nSPS) is 15.4. The first kappa shape index (κ1) is 37.1. The Kier molecular flexibility index (Phi) is 12.2. The molecule has 15 heteroatoms. The monoisotopic (exact) mass is 709 g/mol. The number of nitrogens with zero attached hydrogens (tertiary/aromatic N) is 4. The van der Waals surface area contributed by atoms with E-state index in [4.69, 9.17) is 22.3 Å². The van der Waals surface area contributed by atoms with E-state index in [2.05, 4.69) is 10.2 Å². The molecule has 0 atom stereocenters. The zero-order chi connectivity index (χ0) is 35.8. The largest absolute Gasteiger partial charge is 0.508 e. The van der Waals surface area contributed by atoms with Crippen LogP contribution >= 0.6 is 0 Å². The number of hydrogen-bond acceptors (Lipinski definition) is 11. The van der Waals surface area contributed by atoms with Gasteiger partial charge in [0.25, 0.3) is 0 Å². The molecular formula is C34H43N7O6S2. The maximum atomic E-state index is 12.5. The summed E-state index contributed by atoms with van der Waals surface area (Å²) in [5.74, 6) is 0.364. The van der Waals surface area contributed by atoms with Crippen LogP contribution in [-0.4, -0.2) is 61.8 Å². The summed E-state index contributed by atoms with van der Waals surface area (Å²) in [5.41, 5.74) is 20.7. The van der Waals surface area contributed by atoms with E-state index < -0.39 is 20.0 Å². The van der Waals surface area contributed by atoms with E-state index in [0.717, 1.165) is 31.2 Å². The second-order valence-electron chi connectivity index (χ2n) is 11.7. The molecule has 0 saturated carbocycles. The van der Waals surface area contributed by atoms with Gasteiger partial charge < -0.3 is 27.4 Å². The standard InChI is InChI=1S/C17H20N4O3S.C10H14N2O2S.C7H9NO/c1-12-10-16(15(18)11-17(12)22)20-19-13-4-6-14(7-5-13)25(23,24)21-8-2-3-9-21;11-9-3-5-10(6-4-9)15(13,14)12-7-1-2-8-12;1-5-2-3-6(8)4-7(5)9/h4-7,10-11,22H,2-3,8-9,18H2,1H3;3-6H,1-2,7-8,11H2;2-4,9H,8H2,1H3. The van der Waals surface area contributed by atoms with Crippen molar-refractivity contribution in [1.29, 1.82) is 0 Å². The van der Waals surface area contributed by atoms with Crippen LogP contribution in [0.15, 0.2) is 98.9 Å². The lowest BCUT2D eigenvalue weighted by molar-refractivity contribution is 0.471. The summed E-state index contributed by atoms with van der Waals surface area (Å²) >= 11 is 0. The molecule has 2 fully saturated rings. The summed E-state index contributed by atoms with van der Waals surface area (Å²) in [5, 5.41) is 26.8. The minimum atomic E-state index is -3.43. The number of benzene rings is 4. The number of aromatic hydroxyl groups is 2. The third kappa shape index (κ3) is 9.69. The van der Waals surface area contributed by atoms with Gasteiger partial charge in [-0.3, -0.25) is 0 Å². The van der Waals surface area contributed by atoms with Crippen molar-refractivity contribution in [3.05, 3.63) is 90.0 Å². The van der Waals surface area contributed by atoms with Crippen LogP contribution in [0.3, 0.4) is 0 Å². The number of nitrogen functional groups attached to an aromatic ring is 3. The fraction of sp³-hybridized carbons (Fsp3) is 0.294. The molecule has 13 nitrogen and oxygen atoms in total. The summed E-state index contributed by atoms with van der Waals surface area (Å²) in [6, 6.07) is 20.8. The fourth-order valence-electron chi connectivity index (χ4n) is 5.00. The van der Waals surface area contributed by atoms with Gasteiger partial charge in [0.15, 0.2) is 0 Å². The summed E-state index contributed by atoms with van der Waals surface area (Å²) < 4.78 is 52.0. The summed E-state index contributed by atoms with van der Waals surface area (Å²) in [4.78, 5) is 0.590. The van der Waals surface area contributed by atoms with Gasteiger partial charge in [-0.1, -0.05) is 6.07 Å². The van der Waals surface area contributed by atoms with Crippen LogP contribution in [0.1, 0.15) is 36.8 Å². The number of hydrogen-bond donors (Lipinski definition) is 5. The number of aryl methyl sites for hydroxylation is 2. The van der Waals surface area contributed by atoms with Crippen LogP contribution < -0.4 is 17.2 Å². The number of sulfonamides is 2. The topological polar surface area (TPSA) is 218 Å². The van der Waals surface area contributed by atoms with Gasteiger partial charge in [-0.2, -0.15) is 13.7 Å². The van der Waals surface area contributed by atoms with Crippen LogP contribution in [0.4, 0.5) is 28.4 Å². The molecule has 6 rings (SSSR count). The van der Waals surface area contributed by atoms with Gasteiger partial charge in [-0.25, -0.2) is 16.8 Å². The van der Waals surface area contributed by atoms with Gasteiger partial charge >= 0.3 is 0 Å². The van der Waals surface area contributed by atoms with Crippen LogP contribution in [0.5, 0.6) is 11.5 Å². The van der Waals surface area contributed by atoms with Crippen molar-refractivity contribution in [3.8, 4) is 11.5 Å². The van der Waals surface area contributed by atoms with Crippen molar-refractivity contribution < 1.29 is 27.0 Å². The molecule has 0 aromatic heterocycles. The quantitative estimate of drug-likeness (QED) is 0.120. The van der Waals surface area contributed by atoms with Gasteiger partial charge in [0, 0.05) is 49.7 Å². The molecule has 2 aliphatic rings. The third-order valence-electron chi connectivity index (χ3n) is 7.97. The number of phenolic OH excluding ortho intramolecular Hbond substituents is 2. The third-order valence-corrected chi connectivity index (χ3v) is 11.8. The van der Waals surface area contributed by atoms with Crippen LogP contribution in [-0.2, 0) is 20.0 Å². The Balaban J connectivity index is 0.000000189. The second kappa shape index (κ2) is 16.1. The van der Waals surface area contributed by atoms with Crippen molar-refractivity contribution in [2.24, 2.45) is 10.2 Å². The molecule has 2 heterocycles. The summed E-state index contributed by atoms with van der Waals surface area (Å²) in [6.45, 7) is 5.98. The lowest BCUT2D eigenvalue weighted by Gasteiger charge is -2.15. The van der Waals surface area contributed by atoms with E-state index in [-0.39, 0.29) is 16.4 Å². The zero-order valence-corrected chi connectivity index (χ0v) is 29.2. The van der Waals surface area contributed by atoms with E-state index in [1.165, 1.54) is 32.9 Å². The molecule has 0 radical (unpaired) electrons. The first-order valence-corrected chi connectivity index (χ1v) is 18.6. The molecule has 2 saturated heterocycles. The molecule has 8 N–H and O–H groups in total. The molecule has 0 bridgehead atoms. The van der Waals surface area contributed by atoms with Gasteiger partial charge in [0.1, 0.15) is 17.2 Å². The molecule has 4 aromatic carbocycles. The second-order valence-corrected chi connectivity index (χ2v) is 15.6. The highest BCUT2D eigenvalue weighted by molar-refractivity contribution is 7.89. The Morgan fingerprint density at radius 2 is 1.02 bits per heavy atom. The van der Waals surface area contributed by atoms with E-state index in [9.17, 15) is 21.9 Å². The SMILES string of the molecule is Cc1cc(N=Nc2ccc(S(=O)(=O)N3CCCC3)cc2)c(N)cc1O.Cc1ccc(N)cc1O.Nc1ccc(S(=O)(=O)N2CCCC2)cc1. The molecule has 0 amide bonds. The van der Waals surface area contributed by atoms with Crippen molar-refractivity contribution in [2.75, 3.05) is 43.4 Å². The van der Waals surface area contributed by atoms with Gasteiger partial charge in [0.05, 0.1) is 21.2 Å². The number of azo groups is 1. The van der Waals surface area contributed by atoms with E-state index in [1.54, 1.807) is 61.5 Å². The van der Waals surface area contributed by atoms with Crippen molar-refractivity contribution in [3.63, 3.8) is 0 Å². The number of phenols is 2. The van der Waals surface area contributed by atoms with E-state index in [1.807, 2.05) is 6.92 Å². The lowest BCUT2D eigenvalue weighted by Crippen LogP contribution is -2.27. The fourth-order valence-corrected chi connectivity index (χ4v) is 8.04. The first-order chi connectivity index (χ1) is 23.2. The molecule has 2 aliphatic heterocycles. The highest BCUT2D eigenvalue weighted by Gasteiger charge is 2.27. The van der Waals surface area contributed by atoms with Crippen LogP contribution in [0.2, 0.25) is 0 Å². The van der Waals surface area contributed by atoms with Crippen molar-refractivity contribution in [1.82, 2.24) is 8.61 Å². The maximum absolute atomic E-state index is 12.5. The first-order valence-electron chi connectivity index (χ1n) is 15.7. The smallest absolute Gasteiger partial charge is 0.243 e. The van der Waals surface area contributed by atoms with Gasteiger partial charge in [0.2, 0.25) is 20.0 Å². The van der Waals surface area contributed by atoms with Gasteiger partial charge in [-0.05, 0) is 111 Å². The summed E-state index contributed by atoms with van der Waals surface area (Å²) in [6.07, 6.45) is 3.71. The Hall–Kier alpha value is -4.70.